The van der Waals surface area contributed by atoms with Gasteiger partial charge in [0, 0.05) is 12.1 Å². The number of hydrogen-bond donors (Lipinski definition) is 3. The van der Waals surface area contributed by atoms with Gasteiger partial charge < -0.3 is 14.7 Å². The Hall–Kier alpha value is -2.95. The number of carbonyl (C=O) groups is 1. The molecule has 0 saturated carbocycles. The Bertz CT molecular complexity index is 1440. The maximum Gasteiger partial charge on any atom is 0.402 e. The molecule has 3 aromatic carbocycles. The Labute approximate surface area is 246 Å². The van der Waals surface area contributed by atoms with Crippen LogP contribution in [0.2, 0.25) is 0 Å². The molecule has 3 rings (SSSR count). The Morgan fingerprint density at radius 1 is 0.952 bits per heavy atom. The van der Waals surface area contributed by atoms with Crippen LogP contribution in [0.4, 0.5) is 8.78 Å². The molecule has 0 spiro atoms. The number of hydrogen-bond acceptors (Lipinski definition) is 5. The molecular weight excluding hydrogens is 585 g/mol. The highest BCUT2D eigenvalue weighted by molar-refractivity contribution is 7.89. The molecule has 0 heterocycles. The molecule has 0 aliphatic carbocycles. The number of carbonyl (C=O) groups excluding carboxylic acids is 1. The molecule has 8 nitrogen and oxygen atoms in total. The summed E-state index contributed by atoms with van der Waals surface area (Å²) >= 11 is 0. The molecule has 3 atom stereocenters. The highest BCUT2D eigenvalue weighted by Gasteiger charge is 2.53. The monoisotopic (exact) mass is 622 g/mol. The first kappa shape index (κ1) is 33.6. The van der Waals surface area contributed by atoms with Crippen LogP contribution in [0.15, 0.2) is 89.8 Å². The van der Waals surface area contributed by atoms with E-state index in [1.54, 1.807) is 25.1 Å². The normalized spacial score (nSPS) is 15.0. The fraction of sp³-hybridized carbons (Fsp3) is 0.367. The van der Waals surface area contributed by atoms with Crippen LogP contribution in [0.25, 0.3) is 0 Å². The summed E-state index contributed by atoms with van der Waals surface area (Å²) in [6.07, 6.45) is 1.60. The topological polar surface area (TPSA) is 122 Å². The Kier molecular flexibility index (Phi) is 12.0. The van der Waals surface area contributed by atoms with E-state index in [9.17, 15) is 31.5 Å². The minimum atomic E-state index is -5.34. The van der Waals surface area contributed by atoms with Crippen LogP contribution >= 0.6 is 7.60 Å². The third kappa shape index (κ3) is 9.28. The zero-order valence-corrected chi connectivity index (χ0v) is 25.3. The fourth-order valence-electron chi connectivity index (χ4n) is 4.10. The molecule has 0 aromatic heterocycles. The largest absolute Gasteiger partial charge is 0.402 e. The first-order valence-corrected chi connectivity index (χ1v) is 16.8. The summed E-state index contributed by atoms with van der Waals surface area (Å²) in [7, 11) is -9.42. The molecule has 42 heavy (non-hydrogen) atoms. The van der Waals surface area contributed by atoms with Gasteiger partial charge >= 0.3 is 13.3 Å². The molecule has 0 radical (unpaired) electrons. The van der Waals surface area contributed by atoms with Gasteiger partial charge in [-0.15, -0.1) is 0 Å². The van der Waals surface area contributed by atoms with Gasteiger partial charge in [-0.05, 0) is 62.3 Å². The summed E-state index contributed by atoms with van der Waals surface area (Å²) in [5.74, 6) is -0.564. The van der Waals surface area contributed by atoms with Crippen molar-refractivity contribution in [1.82, 2.24) is 10.0 Å². The molecule has 0 saturated heterocycles. The third-order valence-electron chi connectivity index (χ3n) is 6.70. The van der Waals surface area contributed by atoms with E-state index in [0.29, 0.717) is 18.5 Å². The minimum Gasteiger partial charge on any atom is -0.355 e. The Balaban J connectivity index is 1.72. The van der Waals surface area contributed by atoms with E-state index in [-0.39, 0.29) is 17.7 Å². The Morgan fingerprint density at radius 3 is 2.14 bits per heavy atom. The lowest BCUT2D eigenvalue weighted by Gasteiger charge is -2.25. The summed E-state index contributed by atoms with van der Waals surface area (Å²) in [4.78, 5) is 23.1. The average Bonchev–Trinajstić information content (AvgIpc) is 2.97. The number of unbranched alkanes of at least 4 members (excludes halogenated alkanes) is 1. The van der Waals surface area contributed by atoms with E-state index in [0.717, 1.165) is 25.0 Å². The van der Waals surface area contributed by atoms with E-state index < -0.39 is 46.9 Å². The van der Waals surface area contributed by atoms with E-state index in [1.165, 1.54) is 36.8 Å². The number of benzene rings is 3. The molecule has 1 amide bonds. The predicted octanol–water partition coefficient (Wildman–Crippen LogP) is 5.77. The van der Waals surface area contributed by atoms with Gasteiger partial charge in [0.05, 0.1) is 11.0 Å². The van der Waals surface area contributed by atoms with Crippen LogP contribution in [0.3, 0.4) is 0 Å². The number of rotatable bonds is 16. The van der Waals surface area contributed by atoms with Crippen molar-refractivity contribution in [3.8, 4) is 0 Å². The molecule has 0 aliphatic rings. The fourth-order valence-corrected chi connectivity index (χ4v) is 6.56. The van der Waals surface area contributed by atoms with Gasteiger partial charge in [-0.2, -0.15) is 13.5 Å². The summed E-state index contributed by atoms with van der Waals surface area (Å²) in [5, 5.41) is 2.77. The van der Waals surface area contributed by atoms with Crippen molar-refractivity contribution in [1.29, 1.82) is 0 Å². The minimum absolute atomic E-state index is 0.0272. The van der Waals surface area contributed by atoms with Crippen molar-refractivity contribution in [3.63, 3.8) is 0 Å². The number of nitrogens with one attached hydrogen (secondary N) is 2. The molecular formula is C30H37F2N2O6PS. The number of aryl methyl sites for hydroxylation is 1. The van der Waals surface area contributed by atoms with Crippen LogP contribution in [-0.4, -0.2) is 37.9 Å². The summed E-state index contributed by atoms with van der Waals surface area (Å²) in [6, 6.07) is 20.7. The van der Waals surface area contributed by atoms with Gasteiger partial charge in [0.1, 0.15) is 6.04 Å². The van der Waals surface area contributed by atoms with Crippen LogP contribution in [0, 0.1) is 0 Å². The highest BCUT2D eigenvalue weighted by Crippen LogP contribution is 2.63. The van der Waals surface area contributed by atoms with Gasteiger partial charge in [-0.25, -0.2) is 8.42 Å². The molecule has 0 bridgehead atoms. The van der Waals surface area contributed by atoms with Gasteiger partial charge in [0.15, 0.2) is 0 Å². The maximum absolute atomic E-state index is 14.9. The third-order valence-corrected chi connectivity index (χ3v) is 9.80. The van der Waals surface area contributed by atoms with Gasteiger partial charge in [-0.3, -0.25) is 9.36 Å². The quantitative estimate of drug-likeness (QED) is 0.138. The molecule has 228 valence electrons. The van der Waals surface area contributed by atoms with Crippen molar-refractivity contribution in [3.05, 3.63) is 102 Å². The highest BCUT2D eigenvalue weighted by atomic mass is 32.2. The first-order chi connectivity index (χ1) is 19.9. The lowest BCUT2D eigenvalue weighted by molar-refractivity contribution is -0.122. The van der Waals surface area contributed by atoms with Crippen molar-refractivity contribution < 1.29 is 36.0 Å². The van der Waals surface area contributed by atoms with Crippen LogP contribution in [0.5, 0.6) is 0 Å². The molecule has 0 aliphatic heterocycles. The molecule has 12 heteroatoms. The standard InChI is InChI=1S/C30H37F2N2O6PS/c1-3-23(2)40-41(36,37)30(31,32)26-19-17-25(18-20-26)22-28(34-42(38,39)27-15-8-5-9-16-27)29(35)33-21-11-10-14-24-12-6-4-7-13-24/h4-9,12-13,15-20,23,28,34H,3,10-11,14,21-22H2,1-2H3,(H,33,35)(H,36,37). The van der Waals surface area contributed by atoms with Crippen molar-refractivity contribution in [2.45, 2.75) is 68.7 Å². The first-order valence-electron chi connectivity index (χ1n) is 13.7. The number of sulfonamides is 1. The molecule has 3 unspecified atom stereocenters. The zero-order valence-electron chi connectivity index (χ0n) is 23.6. The van der Waals surface area contributed by atoms with E-state index in [2.05, 4.69) is 10.0 Å². The smallest absolute Gasteiger partial charge is 0.355 e. The van der Waals surface area contributed by atoms with E-state index in [4.69, 9.17) is 4.52 Å². The van der Waals surface area contributed by atoms with Crippen molar-refractivity contribution in [2.24, 2.45) is 0 Å². The van der Waals surface area contributed by atoms with Gasteiger partial charge in [-0.1, -0.05) is 79.7 Å². The zero-order chi connectivity index (χ0) is 30.8. The van der Waals surface area contributed by atoms with Gasteiger partial charge in [0.25, 0.3) is 0 Å². The summed E-state index contributed by atoms with van der Waals surface area (Å²) < 4.78 is 75.3. The van der Waals surface area contributed by atoms with E-state index >= 15 is 0 Å². The second-order valence-electron chi connectivity index (χ2n) is 10.0. The SMILES string of the molecule is CCC(C)OP(=O)(O)C(F)(F)c1ccc(CC(NS(=O)(=O)c2ccccc2)C(=O)NCCCCc2ccccc2)cc1. The number of halogens is 2. The average molecular weight is 623 g/mol. The lowest BCUT2D eigenvalue weighted by atomic mass is 10.0. The number of amides is 1. The summed E-state index contributed by atoms with van der Waals surface area (Å²) in [6.45, 7) is 3.39. The predicted molar refractivity (Wildman–Crippen MR) is 158 cm³/mol. The van der Waals surface area contributed by atoms with Crippen LogP contribution < -0.4 is 10.0 Å². The second kappa shape index (κ2) is 15.0. The Morgan fingerprint density at radius 2 is 1.55 bits per heavy atom. The number of alkyl halides is 2. The van der Waals surface area contributed by atoms with Crippen LogP contribution in [-0.2, 0) is 42.4 Å². The van der Waals surface area contributed by atoms with E-state index in [1.807, 2.05) is 30.3 Å². The van der Waals surface area contributed by atoms with Crippen molar-refractivity contribution in [2.75, 3.05) is 6.54 Å². The second-order valence-corrected chi connectivity index (χ2v) is 13.5. The molecule has 0 fully saturated rings. The van der Waals surface area contributed by atoms with Crippen molar-refractivity contribution >= 4 is 23.5 Å². The molecule has 3 aromatic rings. The summed E-state index contributed by atoms with van der Waals surface area (Å²) in [5.41, 5.74) is -3.36. The van der Waals surface area contributed by atoms with Gasteiger partial charge in [0.2, 0.25) is 15.9 Å². The maximum atomic E-state index is 14.9. The molecule has 3 N–H and O–H groups in total. The van der Waals surface area contributed by atoms with Crippen LogP contribution in [0.1, 0.15) is 49.8 Å². The lowest BCUT2D eigenvalue weighted by Crippen LogP contribution is -2.48.